The number of aryl methyl sites for hydroxylation is 1. The third-order valence-corrected chi connectivity index (χ3v) is 4.85. The Morgan fingerprint density at radius 2 is 2.00 bits per heavy atom. The molecular formula is C20H21N3O2. The Balaban J connectivity index is 1.71. The summed E-state index contributed by atoms with van der Waals surface area (Å²) in [6, 6.07) is 11.7. The summed E-state index contributed by atoms with van der Waals surface area (Å²) in [7, 11) is 0. The first-order valence-corrected chi connectivity index (χ1v) is 8.55. The average molecular weight is 335 g/mol. The molecule has 0 fully saturated rings. The Hall–Kier alpha value is -2.66. The molecule has 2 aromatic carbocycles. The molecule has 3 aromatic rings. The monoisotopic (exact) mass is 335 g/mol. The molecule has 25 heavy (non-hydrogen) atoms. The van der Waals surface area contributed by atoms with Crippen molar-refractivity contribution in [2.75, 3.05) is 0 Å². The van der Waals surface area contributed by atoms with E-state index >= 15 is 0 Å². The van der Waals surface area contributed by atoms with Gasteiger partial charge < -0.3 is 15.0 Å². The highest BCUT2D eigenvalue weighted by Gasteiger charge is 2.39. The summed E-state index contributed by atoms with van der Waals surface area (Å²) in [5, 5.41) is 16.1. The normalized spacial score (nSPS) is 19.4. The number of aromatic nitrogens is 2. The number of rotatable bonds is 3. The van der Waals surface area contributed by atoms with Crippen LogP contribution in [0.1, 0.15) is 41.9 Å². The molecule has 0 bridgehead atoms. The minimum absolute atomic E-state index is 0.0701. The van der Waals surface area contributed by atoms with Gasteiger partial charge in [-0.1, -0.05) is 18.2 Å². The number of aliphatic hydroxyl groups is 1. The number of amides is 1. The molecule has 1 aliphatic heterocycles. The lowest BCUT2D eigenvalue weighted by Crippen LogP contribution is -2.30. The van der Waals surface area contributed by atoms with Crippen LogP contribution in [0.2, 0.25) is 0 Å². The van der Waals surface area contributed by atoms with E-state index in [1.165, 1.54) is 0 Å². The fourth-order valence-corrected chi connectivity index (χ4v) is 3.54. The van der Waals surface area contributed by atoms with Crippen LogP contribution >= 0.6 is 0 Å². The summed E-state index contributed by atoms with van der Waals surface area (Å²) in [5.74, 6) is -0.0701. The number of nitrogens with one attached hydrogen (secondary N) is 1. The lowest BCUT2D eigenvalue weighted by molar-refractivity contribution is 0.0826. The Labute approximate surface area is 146 Å². The second-order valence-electron chi connectivity index (χ2n) is 6.99. The van der Waals surface area contributed by atoms with Gasteiger partial charge in [-0.05, 0) is 48.4 Å². The second-order valence-corrected chi connectivity index (χ2v) is 6.99. The van der Waals surface area contributed by atoms with Crippen molar-refractivity contribution in [3.8, 4) is 0 Å². The molecule has 4 rings (SSSR count). The molecule has 2 heterocycles. The number of benzene rings is 2. The van der Waals surface area contributed by atoms with Crippen molar-refractivity contribution in [3.63, 3.8) is 0 Å². The molecule has 1 amide bonds. The molecule has 5 nitrogen and oxygen atoms in total. The van der Waals surface area contributed by atoms with Crippen LogP contribution in [0.25, 0.3) is 10.8 Å². The number of hydrogen-bond acceptors (Lipinski definition) is 3. The van der Waals surface area contributed by atoms with E-state index in [4.69, 9.17) is 0 Å². The van der Waals surface area contributed by atoms with E-state index in [1.54, 1.807) is 12.5 Å². The largest absolute Gasteiger partial charge is 0.379 e. The van der Waals surface area contributed by atoms with Crippen LogP contribution in [0.3, 0.4) is 0 Å². The van der Waals surface area contributed by atoms with Gasteiger partial charge in [-0.15, -0.1) is 0 Å². The number of fused-ring (bicyclic) bond motifs is 2. The molecule has 0 radical (unpaired) electrons. The van der Waals surface area contributed by atoms with Crippen molar-refractivity contribution in [1.82, 2.24) is 14.9 Å². The minimum Gasteiger partial charge on any atom is -0.379 e. The van der Waals surface area contributed by atoms with Crippen LogP contribution in [0, 0.1) is 0 Å². The van der Waals surface area contributed by atoms with Crippen molar-refractivity contribution in [1.29, 1.82) is 0 Å². The van der Waals surface area contributed by atoms with Crippen molar-refractivity contribution in [3.05, 3.63) is 65.7 Å². The van der Waals surface area contributed by atoms with Gasteiger partial charge in [0.25, 0.3) is 5.91 Å². The van der Waals surface area contributed by atoms with Gasteiger partial charge in [0, 0.05) is 24.6 Å². The lowest BCUT2D eigenvalue weighted by atomic mass is 9.88. The summed E-state index contributed by atoms with van der Waals surface area (Å²) in [6.07, 6.45) is 4.13. The molecule has 0 saturated heterocycles. The highest BCUT2D eigenvalue weighted by molar-refractivity contribution is 5.98. The predicted molar refractivity (Wildman–Crippen MR) is 96.4 cm³/mol. The van der Waals surface area contributed by atoms with Gasteiger partial charge in [0.1, 0.15) is 5.60 Å². The molecule has 2 N–H and O–H groups in total. The first-order valence-electron chi connectivity index (χ1n) is 8.55. The summed E-state index contributed by atoms with van der Waals surface area (Å²) >= 11 is 0. The van der Waals surface area contributed by atoms with Crippen molar-refractivity contribution in [2.24, 2.45) is 0 Å². The summed E-state index contributed by atoms with van der Waals surface area (Å²) in [6.45, 7) is 4.65. The van der Waals surface area contributed by atoms with Crippen LogP contribution in [0.4, 0.5) is 0 Å². The van der Waals surface area contributed by atoms with E-state index in [2.05, 4.69) is 10.3 Å². The van der Waals surface area contributed by atoms with Crippen LogP contribution in [-0.4, -0.2) is 26.6 Å². The van der Waals surface area contributed by atoms with Gasteiger partial charge in [-0.25, -0.2) is 4.98 Å². The van der Waals surface area contributed by atoms with E-state index < -0.39 is 5.60 Å². The van der Waals surface area contributed by atoms with Gasteiger partial charge in [0.15, 0.2) is 0 Å². The van der Waals surface area contributed by atoms with Crippen LogP contribution in [0.5, 0.6) is 0 Å². The van der Waals surface area contributed by atoms with E-state index in [9.17, 15) is 9.90 Å². The van der Waals surface area contributed by atoms with Crippen molar-refractivity contribution in [2.45, 2.75) is 38.5 Å². The van der Waals surface area contributed by atoms with Crippen LogP contribution in [-0.2, 0) is 12.1 Å². The van der Waals surface area contributed by atoms with E-state index in [-0.39, 0.29) is 11.9 Å². The first-order chi connectivity index (χ1) is 12.0. The van der Waals surface area contributed by atoms with Crippen LogP contribution < -0.4 is 5.32 Å². The quantitative estimate of drug-likeness (QED) is 0.773. The fourth-order valence-electron chi connectivity index (χ4n) is 3.54. The highest BCUT2D eigenvalue weighted by Crippen LogP contribution is 2.39. The number of carbonyl (C=O) groups excluding carboxylic acids is 1. The van der Waals surface area contributed by atoms with E-state index in [0.717, 1.165) is 28.6 Å². The molecule has 1 aromatic heterocycles. The topological polar surface area (TPSA) is 67.2 Å². The van der Waals surface area contributed by atoms with Gasteiger partial charge in [-0.2, -0.15) is 0 Å². The third kappa shape index (κ3) is 2.61. The number of imidazole rings is 1. The highest BCUT2D eigenvalue weighted by atomic mass is 16.3. The Morgan fingerprint density at radius 3 is 2.80 bits per heavy atom. The number of hydrogen-bond donors (Lipinski definition) is 2. The smallest absolute Gasteiger partial charge is 0.251 e. The first kappa shape index (κ1) is 15.8. The second kappa shape index (κ2) is 5.70. The van der Waals surface area contributed by atoms with Crippen molar-refractivity contribution < 1.29 is 9.90 Å². The minimum atomic E-state index is -1.00. The summed E-state index contributed by atoms with van der Waals surface area (Å²) in [5.41, 5.74) is 1.34. The van der Waals surface area contributed by atoms with Gasteiger partial charge >= 0.3 is 0 Å². The summed E-state index contributed by atoms with van der Waals surface area (Å²) in [4.78, 5) is 16.3. The molecule has 0 saturated carbocycles. The zero-order valence-electron chi connectivity index (χ0n) is 14.4. The molecule has 1 atom stereocenters. The number of nitrogens with zero attached hydrogens (tertiary/aromatic N) is 2. The molecule has 1 aliphatic rings. The standard InChI is InChI=1S/C20H21N3O2/c1-13(2)22-19(24)16-4-3-15-10-17(6-5-14(15)9-16)20(25)7-8-23-12-21-11-18(20)23/h3-6,9-13,25H,7-8H2,1-2H3,(H,22,24)/t20-/m1/s1. The maximum absolute atomic E-state index is 12.2. The third-order valence-electron chi connectivity index (χ3n) is 4.85. The maximum Gasteiger partial charge on any atom is 0.251 e. The van der Waals surface area contributed by atoms with Crippen molar-refractivity contribution >= 4 is 16.7 Å². The van der Waals surface area contributed by atoms with Gasteiger partial charge in [-0.3, -0.25) is 4.79 Å². The fraction of sp³-hybridized carbons (Fsp3) is 0.300. The average Bonchev–Trinajstić information content (AvgIpc) is 3.18. The molecule has 0 spiro atoms. The molecule has 0 unspecified atom stereocenters. The maximum atomic E-state index is 12.2. The van der Waals surface area contributed by atoms with E-state index in [0.29, 0.717) is 12.0 Å². The summed E-state index contributed by atoms with van der Waals surface area (Å²) < 4.78 is 1.99. The Kier molecular flexibility index (Phi) is 3.62. The SMILES string of the molecule is CC(C)NC(=O)c1ccc2cc([C@]3(O)CCn4cncc43)ccc2c1. The molecule has 128 valence electrons. The Bertz CT molecular complexity index is 960. The zero-order chi connectivity index (χ0) is 17.6. The number of carbonyl (C=O) groups is 1. The zero-order valence-corrected chi connectivity index (χ0v) is 14.4. The molecule has 0 aliphatic carbocycles. The van der Waals surface area contributed by atoms with Gasteiger partial charge in [0.2, 0.25) is 0 Å². The Morgan fingerprint density at radius 1 is 1.24 bits per heavy atom. The van der Waals surface area contributed by atoms with E-state index in [1.807, 2.05) is 54.8 Å². The van der Waals surface area contributed by atoms with Gasteiger partial charge in [0.05, 0.1) is 18.2 Å². The predicted octanol–water partition coefficient (Wildman–Crippen LogP) is 2.81. The van der Waals surface area contributed by atoms with Crippen LogP contribution in [0.15, 0.2) is 48.9 Å². The molecular weight excluding hydrogens is 314 g/mol. The lowest BCUT2D eigenvalue weighted by Gasteiger charge is -2.23. The molecule has 5 heteroatoms.